The lowest BCUT2D eigenvalue weighted by Gasteiger charge is -2.18. The molecule has 1 amide bonds. The molecular weight excluding hydrogens is 365 g/mol. The highest BCUT2D eigenvalue weighted by atomic mass is 19.1. The second kappa shape index (κ2) is 10.3. The Hall–Kier alpha value is -3.09. The van der Waals surface area contributed by atoms with E-state index in [9.17, 15) is 14.0 Å². The lowest BCUT2D eigenvalue weighted by Crippen LogP contribution is -2.30. The normalized spacial score (nSPS) is 11.5. The van der Waals surface area contributed by atoms with Crippen LogP contribution in [0.2, 0.25) is 0 Å². The number of halogens is 1. The zero-order valence-electron chi connectivity index (χ0n) is 15.9. The minimum atomic E-state index is -1.08. The maximum Gasteiger partial charge on any atom is 0.305 e. The highest BCUT2D eigenvalue weighted by Gasteiger charge is 2.20. The van der Waals surface area contributed by atoms with Crippen molar-refractivity contribution in [2.75, 3.05) is 13.2 Å². The van der Waals surface area contributed by atoms with Gasteiger partial charge >= 0.3 is 5.97 Å². The molecule has 6 nitrogen and oxygen atoms in total. The average molecular weight is 389 g/mol. The molecule has 1 unspecified atom stereocenters. The first-order chi connectivity index (χ1) is 13.4. The maximum absolute atomic E-state index is 13.2. The van der Waals surface area contributed by atoms with E-state index in [0.717, 1.165) is 6.42 Å². The molecule has 0 aliphatic heterocycles. The smallest absolute Gasteiger partial charge is 0.305 e. The van der Waals surface area contributed by atoms with Gasteiger partial charge in [0.25, 0.3) is 5.91 Å². The van der Waals surface area contributed by atoms with Crippen molar-refractivity contribution < 1.29 is 28.6 Å². The van der Waals surface area contributed by atoms with Crippen LogP contribution in [0.25, 0.3) is 0 Å². The first-order valence-corrected chi connectivity index (χ1v) is 9.12. The van der Waals surface area contributed by atoms with Crippen LogP contribution in [-0.4, -0.2) is 30.2 Å². The van der Waals surface area contributed by atoms with E-state index < -0.39 is 23.7 Å². The highest BCUT2D eigenvalue weighted by Crippen LogP contribution is 2.29. The van der Waals surface area contributed by atoms with Crippen molar-refractivity contribution in [2.45, 2.75) is 32.7 Å². The summed E-state index contributed by atoms with van der Waals surface area (Å²) in [6.45, 7) is 4.75. The molecule has 0 bridgehead atoms. The predicted molar refractivity (Wildman–Crippen MR) is 102 cm³/mol. The quantitative estimate of drug-likeness (QED) is 0.643. The van der Waals surface area contributed by atoms with E-state index >= 15 is 0 Å². The Labute approximate surface area is 163 Å². The van der Waals surface area contributed by atoms with Gasteiger partial charge in [-0.1, -0.05) is 19.1 Å². The van der Waals surface area contributed by atoms with Crippen molar-refractivity contribution >= 4 is 11.9 Å². The van der Waals surface area contributed by atoms with Crippen molar-refractivity contribution in [2.24, 2.45) is 0 Å². The number of carboxylic acids is 1. The van der Waals surface area contributed by atoms with Crippen molar-refractivity contribution in [3.63, 3.8) is 0 Å². The number of carbonyl (C=O) groups excluding carboxylic acids is 1. The van der Waals surface area contributed by atoms with Crippen LogP contribution in [0.1, 0.15) is 48.7 Å². The molecule has 28 heavy (non-hydrogen) atoms. The minimum absolute atomic E-state index is 0.310. The number of aliphatic carboxylic acids is 1. The molecule has 2 aromatic rings. The van der Waals surface area contributed by atoms with Gasteiger partial charge in [0.05, 0.1) is 25.7 Å². The van der Waals surface area contributed by atoms with Gasteiger partial charge in [-0.25, -0.2) is 4.39 Å². The van der Waals surface area contributed by atoms with E-state index in [4.69, 9.17) is 14.6 Å². The van der Waals surface area contributed by atoms with E-state index in [2.05, 4.69) is 5.32 Å². The zero-order valence-corrected chi connectivity index (χ0v) is 15.9. The van der Waals surface area contributed by atoms with Crippen LogP contribution in [0.15, 0.2) is 42.5 Å². The fourth-order valence-corrected chi connectivity index (χ4v) is 2.61. The Morgan fingerprint density at radius 2 is 1.79 bits per heavy atom. The molecule has 150 valence electrons. The largest absolute Gasteiger partial charge is 0.490 e. The van der Waals surface area contributed by atoms with Crippen molar-refractivity contribution in [1.29, 1.82) is 0 Å². The number of carbonyl (C=O) groups is 2. The van der Waals surface area contributed by atoms with E-state index in [0.29, 0.717) is 35.8 Å². The first-order valence-electron chi connectivity index (χ1n) is 9.12. The van der Waals surface area contributed by atoms with Gasteiger partial charge in [-0.05, 0) is 49.2 Å². The second-order valence-electron chi connectivity index (χ2n) is 6.12. The molecule has 0 aliphatic rings. The number of hydrogen-bond donors (Lipinski definition) is 2. The van der Waals surface area contributed by atoms with Gasteiger partial charge in [0, 0.05) is 5.56 Å². The van der Waals surface area contributed by atoms with Gasteiger partial charge in [-0.2, -0.15) is 0 Å². The summed E-state index contributed by atoms with van der Waals surface area (Å²) in [4.78, 5) is 23.9. The average Bonchev–Trinajstić information content (AvgIpc) is 2.67. The monoisotopic (exact) mass is 389 g/mol. The van der Waals surface area contributed by atoms with Crippen molar-refractivity contribution in [3.05, 3.63) is 59.4 Å². The predicted octanol–water partition coefficient (Wildman–Crippen LogP) is 3.96. The van der Waals surface area contributed by atoms with Gasteiger partial charge in [0.1, 0.15) is 5.82 Å². The number of ether oxygens (including phenoxy) is 2. The minimum Gasteiger partial charge on any atom is -0.490 e. The summed E-state index contributed by atoms with van der Waals surface area (Å²) in [5.41, 5.74) is 0.815. The molecule has 0 saturated heterocycles. The van der Waals surface area contributed by atoms with Crippen LogP contribution in [0.5, 0.6) is 11.5 Å². The van der Waals surface area contributed by atoms with Crippen molar-refractivity contribution in [3.8, 4) is 11.5 Å². The molecular formula is C21H24FNO5. The first kappa shape index (κ1) is 21.2. The Morgan fingerprint density at radius 1 is 1.07 bits per heavy atom. The van der Waals surface area contributed by atoms with Crippen LogP contribution in [-0.2, 0) is 4.79 Å². The molecule has 1 atom stereocenters. The molecule has 2 N–H and O–H groups in total. The number of nitrogens with one attached hydrogen (secondary N) is 1. The van der Waals surface area contributed by atoms with E-state index in [1.807, 2.05) is 13.8 Å². The molecule has 0 spiro atoms. The van der Waals surface area contributed by atoms with Crippen molar-refractivity contribution in [1.82, 2.24) is 5.32 Å². The summed E-state index contributed by atoms with van der Waals surface area (Å²) in [5.74, 6) is -0.985. The summed E-state index contributed by atoms with van der Waals surface area (Å²) >= 11 is 0. The maximum atomic E-state index is 13.2. The molecule has 2 rings (SSSR count). The number of carboxylic acid groups (broad SMARTS) is 1. The van der Waals surface area contributed by atoms with Crippen LogP contribution >= 0.6 is 0 Å². The third-order valence-electron chi connectivity index (χ3n) is 3.92. The van der Waals surface area contributed by atoms with Crippen LogP contribution in [0.3, 0.4) is 0 Å². The van der Waals surface area contributed by atoms with Gasteiger partial charge < -0.3 is 19.9 Å². The number of benzene rings is 2. The molecule has 0 aliphatic carbocycles. The topological polar surface area (TPSA) is 84.9 Å². The lowest BCUT2D eigenvalue weighted by molar-refractivity contribution is -0.137. The van der Waals surface area contributed by atoms with Crippen LogP contribution in [0, 0.1) is 5.82 Å². The standard InChI is InChI=1S/C21H24FNO5/c1-3-11-28-18-10-7-15(12-19(18)27-4-2)21(26)23-17(13-20(24)25)14-5-8-16(22)9-6-14/h5-10,12,17H,3-4,11,13H2,1-2H3,(H,23,26)(H,24,25). The fourth-order valence-electron chi connectivity index (χ4n) is 2.61. The van der Waals surface area contributed by atoms with Gasteiger partial charge in [0.15, 0.2) is 11.5 Å². The molecule has 0 fully saturated rings. The molecule has 2 aromatic carbocycles. The molecule has 0 aromatic heterocycles. The molecule has 0 radical (unpaired) electrons. The number of hydrogen-bond acceptors (Lipinski definition) is 4. The van der Waals surface area contributed by atoms with Gasteiger partial charge in [-0.15, -0.1) is 0 Å². The van der Waals surface area contributed by atoms with Crippen LogP contribution < -0.4 is 14.8 Å². The SMILES string of the molecule is CCCOc1ccc(C(=O)NC(CC(=O)O)c2ccc(F)cc2)cc1OCC. The zero-order chi connectivity index (χ0) is 20.5. The van der Waals surface area contributed by atoms with E-state index in [-0.39, 0.29) is 6.42 Å². The third kappa shape index (κ3) is 5.97. The highest BCUT2D eigenvalue weighted by molar-refractivity contribution is 5.95. The van der Waals surface area contributed by atoms with Gasteiger partial charge in [0.2, 0.25) is 0 Å². The Bertz CT molecular complexity index is 807. The summed E-state index contributed by atoms with van der Waals surface area (Å²) < 4.78 is 24.3. The van der Waals surface area contributed by atoms with E-state index in [1.165, 1.54) is 24.3 Å². The lowest BCUT2D eigenvalue weighted by atomic mass is 10.0. The van der Waals surface area contributed by atoms with Gasteiger partial charge in [-0.3, -0.25) is 9.59 Å². The summed E-state index contributed by atoms with van der Waals surface area (Å²) in [6.07, 6.45) is 0.510. The molecule has 0 saturated carbocycles. The second-order valence-corrected chi connectivity index (χ2v) is 6.12. The number of amides is 1. The molecule has 0 heterocycles. The van der Waals surface area contributed by atoms with E-state index in [1.54, 1.807) is 18.2 Å². The van der Waals surface area contributed by atoms with Crippen LogP contribution in [0.4, 0.5) is 4.39 Å². The molecule has 7 heteroatoms. The third-order valence-corrected chi connectivity index (χ3v) is 3.92. The summed E-state index contributed by atoms with van der Waals surface area (Å²) in [5, 5.41) is 11.8. The Morgan fingerprint density at radius 3 is 2.39 bits per heavy atom. The Kier molecular flexibility index (Phi) is 7.80. The Balaban J connectivity index is 2.23. The number of rotatable bonds is 10. The summed E-state index contributed by atoms with van der Waals surface area (Å²) in [6, 6.07) is 9.37. The fraction of sp³-hybridized carbons (Fsp3) is 0.333. The summed E-state index contributed by atoms with van der Waals surface area (Å²) in [7, 11) is 0.